The normalized spacial score (nSPS) is 23.3. The number of aromatic hydroxyl groups is 1. The molecule has 4 rings (SSSR count). The largest absolute Gasteiger partial charge is 0.511 e. The van der Waals surface area contributed by atoms with Gasteiger partial charge >= 0.3 is 5.97 Å². The van der Waals surface area contributed by atoms with Gasteiger partial charge in [-0.05, 0) is 36.3 Å². The first-order valence-corrected chi connectivity index (χ1v) is 11.0. The lowest BCUT2D eigenvalue weighted by molar-refractivity contribution is -0.141. The van der Waals surface area contributed by atoms with E-state index in [-0.39, 0.29) is 42.5 Å². The van der Waals surface area contributed by atoms with Gasteiger partial charge in [0.25, 0.3) is 5.91 Å². The van der Waals surface area contributed by atoms with Crippen LogP contribution >= 0.6 is 0 Å². The van der Waals surface area contributed by atoms with Gasteiger partial charge in [0.05, 0.1) is 30.7 Å². The van der Waals surface area contributed by atoms with Gasteiger partial charge in [-0.15, -0.1) is 0 Å². The maximum atomic E-state index is 13.4. The molecule has 0 radical (unpaired) electrons. The minimum Gasteiger partial charge on any atom is -0.511 e. The van der Waals surface area contributed by atoms with Crippen LogP contribution in [-0.2, 0) is 30.3 Å². The average Bonchev–Trinajstić information content (AvgIpc) is 2.78. The topological polar surface area (TPSA) is 193 Å². The molecule has 1 unspecified atom stereocenters. The molecule has 3 atom stereocenters. The Kier molecular flexibility index (Phi) is 6.10. The van der Waals surface area contributed by atoms with Crippen molar-refractivity contribution in [2.75, 3.05) is 12.4 Å². The van der Waals surface area contributed by atoms with Gasteiger partial charge in [-0.1, -0.05) is 6.07 Å². The quantitative estimate of drug-likeness (QED) is 0.233. The molecule has 1 aromatic carbocycles. The van der Waals surface area contributed by atoms with Crippen LogP contribution in [0.25, 0.3) is 0 Å². The predicted molar refractivity (Wildman–Crippen MR) is 119 cm³/mol. The summed E-state index contributed by atoms with van der Waals surface area (Å²) in [5.74, 6) is -7.40. The molecule has 0 spiro atoms. The minimum absolute atomic E-state index is 0.0363. The summed E-state index contributed by atoms with van der Waals surface area (Å²) in [6, 6.07) is 3.02. The van der Waals surface area contributed by atoms with E-state index in [9.17, 15) is 39.3 Å². The highest BCUT2D eigenvalue weighted by Gasteiger charge is 2.50. The average molecular weight is 484 g/mol. The fraction of sp³-hybridized carbons (Fsp3) is 0.375. The third-order valence-electron chi connectivity index (χ3n) is 6.82. The summed E-state index contributed by atoms with van der Waals surface area (Å²) < 4.78 is 4.49. The number of phenolic OH excluding ortho intramolecular Hbond substituents is 1. The highest BCUT2D eigenvalue weighted by molar-refractivity contribution is 6.22. The number of Topliss-reactive ketones (excluding diaryl/α,β-unsaturated/α-hetero) is 2. The second-order valence-electron chi connectivity index (χ2n) is 8.88. The molecule has 0 saturated heterocycles. The molecule has 3 aliphatic carbocycles. The summed E-state index contributed by atoms with van der Waals surface area (Å²) in [5, 5.41) is 34.4. The van der Waals surface area contributed by atoms with Gasteiger partial charge in [0.15, 0.2) is 17.3 Å². The Hall–Kier alpha value is -4.15. The van der Waals surface area contributed by atoms with E-state index in [0.717, 1.165) is 0 Å². The van der Waals surface area contributed by atoms with Crippen LogP contribution in [0.3, 0.4) is 0 Å². The molecule has 1 aromatic rings. The molecule has 35 heavy (non-hydrogen) atoms. The number of fused-ring (bicyclic) bond motifs is 3. The number of ether oxygens (including phenoxy) is 1. The van der Waals surface area contributed by atoms with Crippen LogP contribution in [0.1, 0.15) is 41.6 Å². The number of esters is 1. The van der Waals surface area contributed by atoms with E-state index in [1.54, 1.807) is 6.07 Å². The third kappa shape index (κ3) is 4.02. The summed E-state index contributed by atoms with van der Waals surface area (Å²) >= 11 is 0. The number of nitrogens with two attached hydrogens (primary N) is 1. The number of benzene rings is 1. The fourth-order valence-corrected chi connectivity index (χ4v) is 5.25. The van der Waals surface area contributed by atoms with Crippen molar-refractivity contribution in [2.24, 2.45) is 23.5 Å². The number of methoxy groups -OCH3 is 1. The first kappa shape index (κ1) is 24.0. The molecular formula is C24H24N2O9. The molecule has 0 bridgehead atoms. The molecule has 3 aliphatic rings. The molecule has 6 N–H and O–H groups in total. The lowest BCUT2D eigenvalue weighted by atomic mass is 9.62. The third-order valence-corrected chi connectivity index (χ3v) is 6.82. The summed E-state index contributed by atoms with van der Waals surface area (Å²) in [7, 11) is 1.20. The van der Waals surface area contributed by atoms with Gasteiger partial charge in [-0.25, -0.2) is 0 Å². The standard InChI is InChI=1S/C24H24N2O9/c1-35-15(29)5-4-14(28)26-12-3-2-9-6-10-7-11-8-13(27)19(24(25)34)23(33)18(11)22(32)17(10)21(31)16(9)20(12)30/h2-3,10-11,18,27,30,32H,4-8H2,1H3,(H2,25,34)(H,26,28)/t10-,11-,18?/m0/s1. The zero-order valence-electron chi connectivity index (χ0n) is 18.8. The van der Waals surface area contributed by atoms with Crippen molar-refractivity contribution in [3.8, 4) is 5.75 Å². The molecule has 0 heterocycles. The first-order chi connectivity index (χ1) is 16.5. The van der Waals surface area contributed by atoms with E-state index >= 15 is 0 Å². The second-order valence-corrected chi connectivity index (χ2v) is 8.88. The molecule has 11 heteroatoms. The van der Waals surface area contributed by atoms with Crippen LogP contribution in [0.2, 0.25) is 0 Å². The number of primary amides is 1. The second kappa shape index (κ2) is 8.90. The van der Waals surface area contributed by atoms with Crippen molar-refractivity contribution in [3.63, 3.8) is 0 Å². The number of nitrogens with one attached hydrogen (secondary N) is 1. The van der Waals surface area contributed by atoms with Crippen LogP contribution in [0, 0.1) is 17.8 Å². The van der Waals surface area contributed by atoms with Crippen molar-refractivity contribution < 1.29 is 44.0 Å². The van der Waals surface area contributed by atoms with E-state index in [2.05, 4.69) is 10.1 Å². The van der Waals surface area contributed by atoms with E-state index in [1.165, 1.54) is 13.2 Å². The first-order valence-electron chi connectivity index (χ1n) is 11.0. The lowest BCUT2D eigenvalue weighted by Gasteiger charge is -2.40. The van der Waals surface area contributed by atoms with Crippen molar-refractivity contribution in [1.82, 2.24) is 0 Å². The number of phenols is 1. The summed E-state index contributed by atoms with van der Waals surface area (Å²) in [6.45, 7) is 0. The summed E-state index contributed by atoms with van der Waals surface area (Å²) in [4.78, 5) is 61.4. The molecule has 11 nitrogen and oxygen atoms in total. The van der Waals surface area contributed by atoms with Gasteiger partial charge in [0, 0.05) is 18.4 Å². The Bertz CT molecular complexity index is 1240. The molecule has 0 saturated carbocycles. The van der Waals surface area contributed by atoms with Crippen molar-refractivity contribution in [1.29, 1.82) is 0 Å². The van der Waals surface area contributed by atoms with E-state index < -0.39 is 69.9 Å². The van der Waals surface area contributed by atoms with E-state index in [0.29, 0.717) is 12.0 Å². The SMILES string of the molecule is COC(=O)CCC(=O)Nc1ccc2c(c1O)C(=O)C1=C(O)C3C(=O)C(C(N)=O)=C(O)C[C@@H]3C[C@@H]1C2. The fourth-order valence-electron chi connectivity index (χ4n) is 5.25. The van der Waals surface area contributed by atoms with E-state index in [1.807, 2.05) is 0 Å². The zero-order chi connectivity index (χ0) is 25.6. The summed E-state index contributed by atoms with van der Waals surface area (Å²) in [5.41, 5.74) is 4.95. The Balaban J connectivity index is 1.67. The van der Waals surface area contributed by atoms with Crippen molar-refractivity contribution in [2.45, 2.75) is 32.1 Å². The van der Waals surface area contributed by atoms with Crippen LogP contribution < -0.4 is 11.1 Å². The van der Waals surface area contributed by atoms with Gasteiger partial charge < -0.3 is 31.1 Å². The molecular weight excluding hydrogens is 460 g/mol. The smallest absolute Gasteiger partial charge is 0.306 e. The predicted octanol–water partition coefficient (Wildman–Crippen LogP) is 1.36. The molecule has 184 valence electrons. The maximum Gasteiger partial charge on any atom is 0.306 e. The number of ketones is 2. The monoisotopic (exact) mass is 484 g/mol. The van der Waals surface area contributed by atoms with E-state index in [4.69, 9.17) is 5.73 Å². The number of aliphatic hydroxyl groups excluding tert-OH is 2. The van der Waals surface area contributed by atoms with Gasteiger partial charge in [-0.3, -0.25) is 24.0 Å². The number of anilines is 1. The Morgan fingerprint density at radius 1 is 1.11 bits per heavy atom. The number of carbonyl (C=O) groups excluding carboxylic acids is 5. The number of hydrogen-bond donors (Lipinski definition) is 5. The summed E-state index contributed by atoms with van der Waals surface area (Å²) in [6.07, 6.45) is 0.173. The molecule has 2 amide bonds. The van der Waals surface area contributed by atoms with Gasteiger partial charge in [0.1, 0.15) is 17.1 Å². The van der Waals surface area contributed by atoms with Crippen molar-refractivity contribution >= 4 is 35.0 Å². The van der Waals surface area contributed by atoms with Gasteiger partial charge in [-0.2, -0.15) is 0 Å². The minimum atomic E-state index is -1.20. The number of aliphatic hydroxyl groups is 2. The molecule has 0 aliphatic heterocycles. The molecule has 0 fully saturated rings. The number of rotatable bonds is 5. The number of amides is 2. The van der Waals surface area contributed by atoms with Gasteiger partial charge in [0.2, 0.25) is 5.91 Å². The maximum absolute atomic E-state index is 13.4. The highest BCUT2D eigenvalue weighted by atomic mass is 16.5. The Morgan fingerprint density at radius 3 is 2.49 bits per heavy atom. The van der Waals surface area contributed by atoms with Crippen LogP contribution in [0.4, 0.5) is 5.69 Å². The van der Waals surface area contributed by atoms with Crippen LogP contribution in [0.5, 0.6) is 5.75 Å². The number of hydrogen-bond acceptors (Lipinski definition) is 9. The van der Waals surface area contributed by atoms with Crippen LogP contribution in [-0.4, -0.2) is 51.8 Å². The Labute approximate surface area is 199 Å². The Morgan fingerprint density at radius 2 is 1.83 bits per heavy atom. The highest BCUT2D eigenvalue weighted by Crippen LogP contribution is 2.50. The van der Waals surface area contributed by atoms with Crippen LogP contribution in [0.15, 0.2) is 34.8 Å². The van der Waals surface area contributed by atoms with Crippen molar-refractivity contribution in [3.05, 3.63) is 45.9 Å². The number of allylic oxidation sites excluding steroid dienone is 3. The molecule has 0 aromatic heterocycles. The number of carbonyl (C=O) groups is 5. The lowest BCUT2D eigenvalue weighted by Crippen LogP contribution is -2.43. The zero-order valence-corrected chi connectivity index (χ0v) is 18.8.